The topological polar surface area (TPSA) is 142 Å². The summed E-state index contributed by atoms with van der Waals surface area (Å²) >= 11 is 0. The van der Waals surface area contributed by atoms with Gasteiger partial charge in [-0.25, -0.2) is 16.8 Å². The van der Waals surface area contributed by atoms with Crippen LogP contribution in [0.3, 0.4) is 0 Å². The molecule has 0 bridgehead atoms. The van der Waals surface area contributed by atoms with Crippen LogP contribution in [0.4, 0.5) is 11.4 Å². The third-order valence-corrected chi connectivity index (χ3v) is 13.1. The summed E-state index contributed by atoms with van der Waals surface area (Å²) in [7, 11) is -6.55. The largest absolute Gasteiger partial charge is 0.339 e. The summed E-state index contributed by atoms with van der Waals surface area (Å²) in [6.45, 7) is 9.05. The Morgan fingerprint density at radius 3 is 1.62 bits per heavy atom. The molecule has 288 valence electrons. The van der Waals surface area contributed by atoms with Gasteiger partial charge in [-0.1, -0.05) is 56.3 Å². The number of carbonyl (C=O) groups is 1. The number of piperidine rings is 2. The van der Waals surface area contributed by atoms with E-state index in [1.807, 2.05) is 77.8 Å². The molecule has 4 aromatic rings. The van der Waals surface area contributed by atoms with E-state index in [0.717, 1.165) is 55.9 Å². The highest BCUT2D eigenvalue weighted by Gasteiger charge is 2.66. The lowest BCUT2D eigenvalue weighted by Crippen LogP contribution is -2.33. The number of hydrogen-bond acceptors (Lipinski definition) is 8. The number of anilines is 2. The van der Waals surface area contributed by atoms with E-state index in [0.29, 0.717) is 35.0 Å². The third kappa shape index (κ3) is 8.69. The summed E-state index contributed by atoms with van der Waals surface area (Å²) in [6, 6.07) is 27.0. The molecule has 2 aromatic heterocycles. The van der Waals surface area contributed by atoms with Crippen LogP contribution in [0.15, 0.2) is 109 Å². The van der Waals surface area contributed by atoms with Crippen molar-refractivity contribution in [1.29, 1.82) is 0 Å². The molecule has 2 saturated heterocycles. The van der Waals surface area contributed by atoms with E-state index in [4.69, 9.17) is 0 Å². The molecule has 4 fully saturated rings. The Labute approximate surface area is 324 Å². The Hall–Kier alpha value is -4.85. The predicted molar refractivity (Wildman–Crippen MR) is 218 cm³/mol. The van der Waals surface area contributed by atoms with Gasteiger partial charge in [-0.3, -0.25) is 29.1 Å². The minimum absolute atomic E-state index is 0.00713. The lowest BCUT2D eigenvalue weighted by molar-refractivity contribution is -0.125. The lowest BCUT2D eigenvalue weighted by Gasteiger charge is -2.24. The fourth-order valence-corrected chi connectivity index (χ4v) is 9.94. The molecule has 55 heavy (non-hydrogen) atoms. The van der Waals surface area contributed by atoms with E-state index in [1.54, 1.807) is 30.5 Å². The molecule has 4 unspecified atom stereocenters. The Bertz CT molecular complexity index is 2290. The first-order chi connectivity index (χ1) is 26.1. The highest BCUT2D eigenvalue weighted by molar-refractivity contribution is 7.92. The van der Waals surface area contributed by atoms with Crippen LogP contribution in [-0.2, 0) is 35.7 Å². The second-order valence-corrected chi connectivity index (χ2v) is 19.1. The first kappa shape index (κ1) is 38.4. The van der Waals surface area contributed by atoms with Crippen molar-refractivity contribution >= 4 is 49.5 Å². The Morgan fingerprint density at radius 2 is 1.16 bits per heavy atom. The Balaban J connectivity index is 0.000000169. The zero-order valence-electron chi connectivity index (χ0n) is 31.5. The van der Waals surface area contributed by atoms with Gasteiger partial charge in [0.05, 0.1) is 23.9 Å². The molecule has 0 radical (unpaired) electrons. The Kier molecular flexibility index (Phi) is 10.5. The van der Waals surface area contributed by atoms with Gasteiger partial charge in [0.2, 0.25) is 26.0 Å². The number of aromatic nitrogens is 2. The number of hydrogen-bond donors (Lipinski definition) is 2. The van der Waals surface area contributed by atoms with Crippen LogP contribution in [0, 0.1) is 23.7 Å². The van der Waals surface area contributed by atoms with Gasteiger partial charge in [0.15, 0.2) is 0 Å². The minimum Gasteiger partial charge on any atom is -0.339 e. The predicted octanol–water partition coefficient (Wildman–Crippen LogP) is 5.50. The number of rotatable bonds is 11. The highest BCUT2D eigenvalue weighted by atomic mass is 32.2. The summed E-state index contributed by atoms with van der Waals surface area (Å²) in [5.74, 6) is 2.07. The van der Waals surface area contributed by atoms with Gasteiger partial charge in [0.1, 0.15) is 0 Å². The second kappa shape index (κ2) is 15.0. The van der Waals surface area contributed by atoms with Crippen LogP contribution < -0.4 is 9.44 Å². The van der Waals surface area contributed by atoms with Crippen LogP contribution in [-0.4, -0.2) is 87.7 Å². The fraction of sp³-hybridized carbons (Fsp3) is 0.357. The van der Waals surface area contributed by atoms with Crippen LogP contribution in [0.5, 0.6) is 0 Å². The van der Waals surface area contributed by atoms with Crippen LogP contribution in [0.2, 0.25) is 0 Å². The van der Waals surface area contributed by atoms with Crippen molar-refractivity contribution in [3.8, 4) is 0 Å². The molecule has 8 rings (SSSR count). The van der Waals surface area contributed by atoms with E-state index >= 15 is 0 Å². The molecular formula is C42H48N6O5S2. The molecule has 1 amide bonds. The van der Waals surface area contributed by atoms with Gasteiger partial charge in [0, 0.05) is 73.4 Å². The average molecular weight is 781 g/mol. The molecule has 13 heteroatoms. The molecule has 2 aliphatic carbocycles. The Morgan fingerprint density at radius 1 is 0.691 bits per heavy atom. The van der Waals surface area contributed by atoms with E-state index in [1.165, 1.54) is 11.8 Å². The van der Waals surface area contributed by atoms with Gasteiger partial charge in [0.25, 0.3) is 0 Å². The molecule has 4 atom stereocenters. The quantitative estimate of drug-likeness (QED) is 0.190. The maximum absolute atomic E-state index is 12.5. The molecule has 2 saturated carbocycles. The third-order valence-electron chi connectivity index (χ3n) is 11.9. The molecule has 11 nitrogen and oxygen atoms in total. The van der Waals surface area contributed by atoms with Gasteiger partial charge in [-0.2, -0.15) is 0 Å². The standard InChI is InChI=1S/C21H23N3O3S.C21H25N3O2S/c1-21(15-6-5-8-17(12-15)23-28(2,26)27)18-13-24(14-19(18)21)20(25)10-9-16-7-3-4-11-22-16;1-21(16-7-5-9-18(13-16)23-27(2,25)26)19-14-24(15-20(19)21)12-6-10-17-8-3-4-11-22-17/h3-12,18-19,23H,13-14H2,1-2H3;3-11,13,19-20,23H,12,14-15H2,1-2H3/b10-9+;10-6+. The summed E-state index contributed by atoms with van der Waals surface area (Å²) in [4.78, 5) is 25.3. The molecule has 2 N–H and O–H groups in total. The summed E-state index contributed by atoms with van der Waals surface area (Å²) in [6.07, 6.45) is 13.4. The molecule has 4 heterocycles. The fourth-order valence-electron chi connectivity index (χ4n) is 8.83. The number of sulfonamides is 2. The number of carbonyl (C=O) groups excluding carboxylic acids is 1. The van der Waals surface area contributed by atoms with Gasteiger partial charge >= 0.3 is 0 Å². The minimum atomic E-state index is -3.30. The van der Waals surface area contributed by atoms with Crippen molar-refractivity contribution in [3.05, 3.63) is 132 Å². The normalized spacial score (nSPS) is 26.9. The highest BCUT2D eigenvalue weighted by Crippen LogP contribution is 2.64. The van der Waals surface area contributed by atoms with Gasteiger partial charge in [-0.15, -0.1) is 0 Å². The van der Waals surface area contributed by atoms with Crippen molar-refractivity contribution in [3.63, 3.8) is 0 Å². The smallest absolute Gasteiger partial charge is 0.246 e. The van der Waals surface area contributed by atoms with E-state index in [9.17, 15) is 21.6 Å². The van der Waals surface area contributed by atoms with Crippen molar-refractivity contribution < 1.29 is 21.6 Å². The van der Waals surface area contributed by atoms with Crippen molar-refractivity contribution in [2.24, 2.45) is 23.7 Å². The molecule has 2 aromatic carbocycles. The summed E-state index contributed by atoms with van der Waals surface area (Å²) in [5.41, 5.74) is 5.46. The molecule has 2 aliphatic heterocycles. The molecule has 4 aliphatic rings. The molecule has 0 spiro atoms. The number of fused-ring (bicyclic) bond motifs is 2. The average Bonchev–Trinajstić information content (AvgIpc) is 3.62. The number of nitrogens with one attached hydrogen (secondary N) is 2. The van der Waals surface area contributed by atoms with E-state index < -0.39 is 20.0 Å². The van der Waals surface area contributed by atoms with Crippen molar-refractivity contribution in [1.82, 2.24) is 19.8 Å². The number of amides is 1. The van der Waals surface area contributed by atoms with Gasteiger partial charge < -0.3 is 4.90 Å². The first-order valence-corrected chi connectivity index (χ1v) is 22.3. The zero-order valence-corrected chi connectivity index (χ0v) is 33.2. The maximum atomic E-state index is 12.5. The van der Waals surface area contributed by atoms with Crippen LogP contribution in [0.25, 0.3) is 12.2 Å². The van der Waals surface area contributed by atoms with Gasteiger partial charge in [-0.05, 0) is 95.5 Å². The van der Waals surface area contributed by atoms with E-state index in [2.05, 4.69) is 56.4 Å². The van der Waals surface area contributed by atoms with Crippen molar-refractivity contribution in [2.45, 2.75) is 24.7 Å². The number of likely N-dealkylation sites (tertiary alicyclic amines) is 2. The number of pyridine rings is 2. The van der Waals surface area contributed by atoms with E-state index in [-0.39, 0.29) is 16.7 Å². The molecular weight excluding hydrogens is 733 g/mol. The number of nitrogens with zero attached hydrogens (tertiary/aromatic N) is 4. The van der Waals surface area contributed by atoms with Crippen LogP contribution in [0.1, 0.15) is 36.4 Å². The maximum Gasteiger partial charge on any atom is 0.246 e. The first-order valence-electron chi connectivity index (χ1n) is 18.5. The lowest BCUT2D eigenvalue weighted by atomic mass is 9.92. The second-order valence-electron chi connectivity index (χ2n) is 15.6. The monoisotopic (exact) mass is 780 g/mol. The summed E-state index contributed by atoms with van der Waals surface area (Å²) in [5, 5.41) is 0. The SMILES string of the molecule is CC1(c2cccc(NS(C)(=O)=O)c2)C2CN(C(=O)/C=C/c3ccccn3)CC21.CC1(c2cccc(NS(C)(=O)=O)c2)C2CN(C/C=C/c3ccccn3)CC21. The number of benzene rings is 2. The van der Waals surface area contributed by atoms with Crippen molar-refractivity contribution in [2.75, 3.05) is 54.7 Å². The van der Waals surface area contributed by atoms with Crippen LogP contribution >= 0.6 is 0 Å². The summed E-state index contributed by atoms with van der Waals surface area (Å²) < 4.78 is 51.1. The zero-order chi connectivity index (χ0) is 39.0.